The van der Waals surface area contributed by atoms with Gasteiger partial charge in [0.15, 0.2) is 17.3 Å². The van der Waals surface area contributed by atoms with Crippen molar-refractivity contribution >= 4 is 36.6 Å². The summed E-state index contributed by atoms with van der Waals surface area (Å²) in [6, 6.07) is 8.17. The van der Waals surface area contributed by atoms with Gasteiger partial charge in [0.25, 0.3) is 11.5 Å². The maximum atomic E-state index is 12.3. The Balaban J connectivity index is 1.87. The van der Waals surface area contributed by atoms with Gasteiger partial charge >= 0.3 is 13.6 Å². The van der Waals surface area contributed by atoms with Crippen molar-refractivity contribution in [2.45, 2.75) is 12.6 Å². The summed E-state index contributed by atoms with van der Waals surface area (Å²) >= 11 is 0. The molecule has 5 N–H and O–H groups in total. The Morgan fingerprint density at radius 2 is 1.97 bits per heavy atom. The second kappa shape index (κ2) is 8.55. The number of aromatic amines is 1. The first-order valence-corrected chi connectivity index (χ1v) is 10.1. The molecule has 0 aliphatic carbocycles. The Morgan fingerprint density at radius 3 is 2.60 bits per heavy atom. The van der Waals surface area contributed by atoms with E-state index in [0.29, 0.717) is 5.56 Å². The van der Waals surface area contributed by atoms with Crippen LogP contribution in [0.3, 0.4) is 0 Å². The number of carbonyl (C=O) groups excluding carboxylic acids is 1. The zero-order valence-electron chi connectivity index (χ0n) is 15.1. The van der Waals surface area contributed by atoms with Crippen molar-refractivity contribution in [3.63, 3.8) is 0 Å². The number of aromatic nitrogens is 4. The van der Waals surface area contributed by atoms with Gasteiger partial charge in [-0.1, -0.05) is 18.2 Å². The summed E-state index contributed by atoms with van der Waals surface area (Å²) in [5.41, 5.74) is -0.518. The van der Waals surface area contributed by atoms with Crippen LogP contribution in [0.2, 0.25) is 0 Å². The van der Waals surface area contributed by atoms with Crippen LogP contribution >= 0.6 is 7.60 Å². The molecule has 13 nitrogen and oxygen atoms in total. The van der Waals surface area contributed by atoms with Crippen LogP contribution in [0.25, 0.3) is 11.2 Å². The van der Waals surface area contributed by atoms with E-state index in [4.69, 9.17) is 14.5 Å². The van der Waals surface area contributed by atoms with Crippen molar-refractivity contribution in [2.24, 2.45) is 0 Å². The predicted octanol–water partition coefficient (Wildman–Crippen LogP) is -0.0231. The van der Waals surface area contributed by atoms with Gasteiger partial charge in [-0.2, -0.15) is 4.98 Å². The second-order valence-electron chi connectivity index (χ2n) is 6.09. The lowest BCUT2D eigenvalue weighted by Crippen LogP contribution is -2.29. The number of hydrogen-bond acceptors (Lipinski definition) is 7. The Hall–Kier alpha value is -3.38. The molecule has 0 saturated heterocycles. The van der Waals surface area contributed by atoms with Crippen molar-refractivity contribution in [1.82, 2.24) is 19.5 Å². The van der Waals surface area contributed by atoms with E-state index < -0.39 is 44.0 Å². The summed E-state index contributed by atoms with van der Waals surface area (Å²) in [6.07, 6.45) is -1.60. The quantitative estimate of drug-likeness (QED) is 0.299. The lowest BCUT2D eigenvalue weighted by molar-refractivity contribution is -0.150. The Bertz CT molecular complexity index is 1190. The van der Waals surface area contributed by atoms with Crippen LogP contribution in [-0.4, -0.2) is 58.7 Å². The number of carboxylic acid groups (broad SMARTS) is 1. The van der Waals surface area contributed by atoms with Gasteiger partial charge in [-0.3, -0.25) is 24.5 Å². The number of carboxylic acids is 1. The van der Waals surface area contributed by atoms with Crippen LogP contribution in [0, 0.1) is 0 Å². The number of nitrogens with zero attached hydrogens (tertiary/aromatic N) is 3. The van der Waals surface area contributed by atoms with Crippen molar-refractivity contribution in [1.29, 1.82) is 0 Å². The number of ether oxygens (including phenoxy) is 1. The molecule has 0 aliphatic heterocycles. The summed E-state index contributed by atoms with van der Waals surface area (Å²) in [6.45, 7) is -0.436. The minimum absolute atomic E-state index is 0.0480. The van der Waals surface area contributed by atoms with Crippen LogP contribution in [0.4, 0.5) is 5.95 Å². The van der Waals surface area contributed by atoms with Crippen LogP contribution in [0.1, 0.15) is 10.4 Å². The fraction of sp³-hybridized carbons (Fsp3) is 0.188. The number of anilines is 1. The molecule has 1 aromatic carbocycles. The maximum Gasteiger partial charge on any atom is 0.351 e. The standard InChI is InChI=1S/C16H16N5O8P/c22-13(9-4-2-1-3-5-9)19-16-18-12-11(14(23)20-16)17-7-21(12)6-10(15(24)25)29-8-30(26,27)28/h1-5,7,10H,6,8H2,(H,24,25)(H2,26,27,28)(H2,18,19,20,22,23)/t10-/m0/s1. The molecule has 1 atom stereocenters. The molecule has 3 aromatic rings. The highest BCUT2D eigenvalue weighted by Crippen LogP contribution is 2.34. The van der Waals surface area contributed by atoms with Gasteiger partial charge in [-0.25, -0.2) is 9.78 Å². The number of rotatable bonds is 8. The lowest BCUT2D eigenvalue weighted by Gasteiger charge is -2.15. The first kappa shape index (κ1) is 21.3. The normalized spacial score (nSPS) is 12.6. The first-order chi connectivity index (χ1) is 14.1. The number of amides is 1. The molecule has 158 valence electrons. The number of imidazole rings is 1. The van der Waals surface area contributed by atoms with E-state index in [9.17, 15) is 24.1 Å². The second-order valence-corrected chi connectivity index (χ2v) is 7.68. The van der Waals surface area contributed by atoms with Gasteiger partial charge < -0.3 is 24.2 Å². The largest absolute Gasteiger partial charge is 0.479 e. The lowest BCUT2D eigenvalue weighted by atomic mass is 10.2. The number of aliphatic carboxylic acids is 1. The number of carbonyl (C=O) groups is 2. The zero-order chi connectivity index (χ0) is 21.9. The highest BCUT2D eigenvalue weighted by molar-refractivity contribution is 7.51. The van der Waals surface area contributed by atoms with E-state index in [1.165, 1.54) is 4.57 Å². The first-order valence-electron chi connectivity index (χ1n) is 8.34. The molecule has 2 aromatic heterocycles. The van der Waals surface area contributed by atoms with Gasteiger partial charge in [0.05, 0.1) is 12.9 Å². The minimum atomic E-state index is -4.59. The molecule has 2 heterocycles. The molecule has 0 bridgehead atoms. The summed E-state index contributed by atoms with van der Waals surface area (Å²) in [5.74, 6) is -2.20. The van der Waals surface area contributed by atoms with Crippen LogP contribution in [0.15, 0.2) is 41.5 Å². The third-order valence-corrected chi connectivity index (χ3v) is 4.31. The summed E-state index contributed by atoms with van der Waals surface area (Å²) < 4.78 is 16.9. The van der Waals surface area contributed by atoms with Crippen LogP contribution in [0.5, 0.6) is 0 Å². The fourth-order valence-corrected chi connectivity index (χ4v) is 2.86. The van der Waals surface area contributed by atoms with Crippen LogP contribution in [-0.2, 0) is 20.6 Å². The van der Waals surface area contributed by atoms with Gasteiger partial charge in [-0.15, -0.1) is 0 Å². The predicted molar refractivity (Wildman–Crippen MR) is 102 cm³/mol. The van der Waals surface area contributed by atoms with Gasteiger partial charge in [-0.05, 0) is 12.1 Å². The molecule has 0 fully saturated rings. The van der Waals surface area contributed by atoms with E-state index in [0.717, 1.165) is 6.33 Å². The molecule has 0 unspecified atom stereocenters. The molecule has 0 aliphatic rings. The minimum Gasteiger partial charge on any atom is -0.479 e. The van der Waals surface area contributed by atoms with E-state index in [1.807, 2.05) is 0 Å². The summed E-state index contributed by atoms with van der Waals surface area (Å²) in [7, 11) is -4.59. The molecule has 0 radical (unpaired) electrons. The molecular formula is C16H16N5O8P. The van der Waals surface area contributed by atoms with E-state index in [-0.39, 0.29) is 17.1 Å². The van der Waals surface area contributed by atoms with E-state index in [2.05, 4.69) is 20.3 Å². The molecule has 0 saturated carbocycles. The number of hydrogen-bond donors (Lipinski definition) is 5. The summed E-state index contributed by atoms with van der Waals surface area (Å²) in [4.78, 5) is 63.9. The molecule has 30 heavy (non-hydrogen) atoms. The van der Waals surface area contributed by atoms with Crippen molar-refractivity contribution in [3.05, 3.63) is 52.6 Å². The molecule has 1 amide bonds. The third-order valence-electron chi connectivity index (χ3n) is 3.82. The topological polar surface area (TPSA) is 197 Å². The van der Waals surface area contributed by atoms with Crippen molar-refractivity contribution in [3.8, 4) is 0 Å². The Labute approximate surface area is 167 Å². The summed E-state index contributed by atoms with van der Waals surface area (Å²) in [5, 5.41) is 11.7. The maximum absolute atomic E-state index is 12.3. The van der Waals surface area contributed by atoms with E-state index >= 15 is 0 Å². The third kappa shape index (κ3) is 5.15. The monoisotopic (exact) mass is 437 g/mol. The number of benzene rings is 1. The van der Waals surface area contributed by atoms with Gasteiger partial charge in [0, 0.05) is 5.56 Å². The Kier molecular flexibility index (Phi) is 6.08. The molecule has 3 rings (SSSR count). The zero-order valence-corrected chi connectivity index (χ0v) is 16.0. The van der Waals surface area contributed by atoms with Crippen LogP contribution < -0.4 is 10.9 Å². The van der Waals surface area contributed by atoms with Crippen molar-refractivity contribution in [2.75, 3.05) is 11.7 Å². The molecular weight excluding hydrogens is 421 g/mol. The smallest absolute Gasteiger partial charge is 0.351 e. The molecule has 14 heteroatoms. The number of nitrogens with one attached hydrogen (secondary N) is 2. The molecule has 0 spiro atoms. The van der Waals surface area contributed by atoms with Gasteiger partial charge in [0.2, 0.25) is 5.95 Å². The average Bonchev–Trinajstić information content (AvgIpc) is 3.08. The number of H-pyrrole nitrogens is 1. The van der Waals surface area contributed by atoms with Gasteiger partial charge in [0.1, 0.15) is 6.35 Å². The van der Waals surface area contributed by atoms with Crippen molar-refractivity contribution < 1.29 is 33.8 Å². The average molecular weight is 437 g/mol. The highest BCUT2D eigenvalue weighted by Gasteiger charge is 2.25. The SMILES string of the molecule is O=C(Nc1nc2c(ncn2C[C@H](OCP(=O)(O)O)C(=O)O)c(=O)[nH]1)c1ccccc1. The Morgan fingerprint density at radius 1 is 1.27 bits per heavy atom. The number of fused-ring (bicyclic) bond motifs is 1. The highest BCUT2D eigenvalue weighted by atomic mass is 31.2. The fourth-order valence-electron chi connectivity index (χ4n) is 2.48. The van der Waals surface area contributed by atoms with E-state index in [1.54, 1.807) is 30.3 Å².